The molecule has 0 spiro atoms. The van der Waals surface area contributed by atoms with Crippen LogP contribution in [0.5, 0.6) is 0 Å². The maximum absolute atomic E-state index is 12.1. The summed E-state index contributed by atoms with van der Waals surface area (Å²) < 4.78 is 26.3. The Kier molecular flexibility index (Phi) is 6.86. The first-order valence-corrected chi connectivity index (χ1v) is 9.40. The third-order valence-electron chi connectivity index (χ3n) is 3.60. The fourth-order valence-corrected chi connectivity index (χ4v) is 3.23. The number of hydrogen-bond donors (Lipinski definition) is 3. The first-order chi connectivity index (χ1) is 12.4. The van der Waals surface area contributed by atoms with Crippen molar-refractivity contribution in [3.63, 3.8) is 0 Å². The SMILES string of the molecule is N#CCCNS(=O)(=O)c1ccc(C(=O)NCC(O)c2ccccc2)cc1. The predicted molar refractivity (Wildman–Crippen MR) is 95.6 cm³/mol. The molecule has 136 valence electrons. The molecule has 0 aliphatic carbocycles. The van der Waals surface area contributed by atoms with Crippen LogP contribution < -0.4 is 10.0 Å². The fraction of sp³-hybridized carbons (Fsp3) is 0.222. The molecule has 3 N–H and O–H groups in total. The first kappa shape index (κ1) is 19.6. The van der Waals surface area contributed by atoms with Gasteiger partial charge in [0.15, 0.2) is 0 Å². The van der Waals surface area contributed by atoms with Crippen LogP contribution in [0.25, 0.3) is 0 Å². The van der Waals surface area contributed by atoms with E-state index in [0.717, 1.165) is 0 Å². The molecule has 1 atom stereocenters. The zero-order valence-electron chi connectivity index (χ0n) is 13.9. The van der Waals surface area contributed by atoms with Gasteiger partial charge in [0.05, 0.1) is 17.1 Å². The van der Waals surface area contributed by atoms with Crippen LogP contribution in [0.2, 0.25) is 0 Å². The molecule has 0 saturated heterocycles. The third kappa shape index (κ3) is 5.39. The van der Waals surface area contributed by atoms with Crippen LogP contribution in [0.3, 0.4) is 0 Å². The largest absolute Gasteiger partial charge is 0.387 e. The highest BCUT2D eigenvalue weighted by atomic mass is 32.2. The maximum atomic E-state index is 12.1. The van der Waals surface area contributed by atoms with Crippen LogP contribution >= 0.6 is 0 Å². The Morgan fingerprint density at radius 2 is 1.77 bits per heavy atom. The predicted octanol–water partition coefficient (Wildman–Crippen LogP) is 1.34. The molecule has 0 saturated carbocycles. The van der Waals surface area contributed by atoms with Crippen molar-refractivity contribution in [2.45, 2.75) is 17.4 Å². The van der Waals surface area contributed by atoms with Crippen LogP contribution in [0.4, 0.5) is 0 Å². The summed E-state index contributed by atoms with van der Waals surface area (Å²) in [5.41, 5.74) is 0.971. The molecule has 0 fully saturated rings. The number of amides is 1. The molecule has 0 aromatic heterocycles. The van der Waals surface area contributed by atoms with E-state index in [1.807, 2.05) is 12.1 Å². The summed E-state index contributed by atoms with van der Waals surface area (Å²) in [7, 11) is -3.71. The number of aliphatic hydroxyl groups is 1. The summed E-state index contributed by atoms with van der Waals surface area (Å²) in [6, 6.07) is 16.2. The minimum atomic E-state index is -3.71. The van der Waals surface area contributed by atoms with Crippen LogP contribution in [-0.2, 0) is 10.0 Å². The number of benzene rings is 2. The van der Waals surface area contributed by atoms with Gasteiger partial charge >= 0.3 is 0 Å². The van der Waals surface area contributed by atoms with Crippen molar-refractivity contribution < 1.29 is 18.3 Å². The van der Waals surface area contributed by atoms with Gasteiger partial charge in [0.25, 0.3) is 5.91 Å². The van der Waals surface area contributed by atoms with E-state index >= 15 is 0 Å². The second-order valence-corrected chi connectivity index (χ2v) is 7.23. The molecule has 0 radical (unpaired) electrons. The Morgan fingerprint density at radius 1 is 1.12 bits per heavy atom. The van der Waals surface area contributed by atoms with Crippen LogP contribution in [0, 0.1) is 11.3 Å². The lowest BCUT2D eigenvalue weighted by atomic mass is 10.1. The summed E-state index contributed by atoms with van der Waals surface area (Å²) in [4.78, 5) is 12.1. The van der Waals surface area contributed by atoms with Gasteiger partial charge in [-0.1, -0.05) is 30.3 Å². The molecule has 0 heterocycles. The van der Waals surface area contributed by atoms with E-state index in [2.05, 4.69) is 10.0 Å². The Balaban J connectivity index is 1.95. The van der Waals surface area contributed by atoms with Gasteiger partial charge in [-0.25, -0.2) is 13.1 Å². The number of sulfonamides is 1. The van der Waals surface area contributed by atoms with E-state index in [0.29, 0.717) is 5.56 Å². The number of carbonyl (C=O) groups excluding carboxylic acids is 1. The number of hydrogen-bond acceptors (Lipinski definition) is 5. The normalized spacial score (nSPS) is 12.2. The summed E-state index contributed by atoms with van der Waals surface area (Å²) >= 11 is 0. The van der Waals surface area contributed by atoms with E-state index in [4.69, 9.17) is 5.26 Å². The van der Waals surface area contributed by atoms with Crippen molar-refractivity contribution in [1.29, 1.82) is 5.26 Å². The Hall–Kier alpha value is -2.73. The zero-order valence-corrected chi connectivity index (χ0v) is 14.7. The molecular formula is C18H19N3O4S. The van der Waals surface area contributed by atoms with Crippen molar-refractivity contribution >= 4 is 15.9 Å². The number of carbonyl (C=O) groups is 1. The second kappa shape index (κ2) is 9.10. The molecule has 1 unspecified atom stereocenters. The average Bonchev–Trinajstić information content (AvgIpc) is 2.66. The molecule has 0 aliphatic rings. The second-order valence-electron chi connectivity index (χ2n) is 5.47. The monoisotopic (exact) mass is 373 g/mol. The van der Waals surface area contributed by atoms with Crippen LogP contribution in [0.15, 0.2) is 59.5 Å². The van der Waals surface area contributed by atoms with Gasteiger partial charge in [-0.3, -0.25) is 4.79 Å². The molecule has 0 aliphatic heterocycles. The van der Waals surface area contributed by atoms with Gasteiger partial charge in [-0.15, -0.1) is 0 Å². The van der Waals surface area contributed by atoms with E-state index in [9.17, 15) is 18.3 Å². The molecule has 2 aromatic carbocycles. The molecular weight excluding hydrogens is 354 g/mol. The van der Waals surface area contributed by atoms with Gasteiger partial charge < -0.3 is 10.4 Å². The number of rotatable bonds is 8. The van der Waals surface area contributed by atoms with Crippen LogP contribution in [-0.4, -0.2) is 32.5 Å². The molecule has 2 aromatic rings. The standard InChI is InChI=1S/C18H19N3O4S/c19-11-4-12-21-26(24,25)16-9-7-15(8-10-16)18(23)20-13-17(22)14-5-2-1-3-6-14/h1-3,5-10,17,21-22H,4,12-13H2,(H,20,23). The van der Waals surface area contributed by atoms with Gasteiger partial charge in [-0.05, 0) is 29.8 Å². The Labute approximate surface area is 152 Å². The minimum absolute atomic E-state index is 0.0105. The van der Waals surface area contributed by atoms with E-state index < -0.39 is 22.0 Å². The highest BCUT2D eigenvalue weighted by molar-refractivity contribution is 7.89. The van der Waals surface area contributed by atoms with Crippen molar-refractivity contribution in [1.82, 2.24) is 10.0 Å². The summed E-state index contributed by atoms with van der Waals surface area (Å²) in [6.45, 7) is 0.0665. The zero-order chi connectivity index (χ0) is 19.0. The van der Waals surface area contributed by atoms with Gasteiger partial charge in [0.1, 0.15) is 0 Å². The minimum Gasteiger partial charge on any atom is -0.387 e. The topological polar surface area (TPSA) is 119 Å². The van der Waals surface area contributed by atoms with Gasteiger partial charge in [-0.2, -0.15) is 5.26 Å². The maximum Gasteiger partial charge on any atom is 0.251 e. The summed E-state index contributed by atoms with van der Waals surface area (Å²) in [6.07, 6.45) is -0.757. The third-order valence-corrected chi connectivity index (χ3v) is 5.07. The number of aliphatic hydroxyl groups excluding tert-OH is 1. The van der Waals surface area contributed by atoms with Gasteiger partial charge in [0, 0.05) is 25.1 Å². The molecule has 7 nitrogen and oxygen atoms in total. The van der Waals surface area contributed by atoms with Crippen molar-refractivity contribution in [2.75, 3.05) is 13.1 Å². The molecule has 26 heavy (non-hydrogen) atoms. The number of nitrogens with zero attached hydrogens (tertiary/aromatic N) is 1. The number of nitriles is 1. The molecule has 0 bridgehead atoms. The quantitative estimate of drug-likeness (QED) is 0.603. The Morgan fingerprint density at radius 3 is 2.38 bits per heavy atom. The summed E-state index contributed by atoms with van der Waals surface area (Å²) in [5, 5.41) is 21.1. The van der Waals surface area contributed by atoms with Crippen molar-refractivity contribution in [3.8, 4) is 6.07 Å². The smallest absolute Gasteiger partial charge is 0.251 e. The van der Waals surface area contributed by atoms with Crippen molar-refractivity contribution in [3.05, 3.63) is 65.7 Å². The lowest BCUT2D eigenvalue weighted by Crippen LogP contribution is -2.28. The van der Waals surface area contributed by atoms with Crippen LogP contribution in [0.1, 0.15) is 28.4 Å². The van der Waals surface area contributed by atoms with E-state index in [-0.39, 0.29) is 30.0 Å². The highest BCUT2D eigenvalue weighted by Crippen LogP contribution is 2.13. The average molecular weight is 373 g/mol. The molecule has 8 heteroatoms. The molecule has 2 rings (SSSR count). The van der Waals surface area contributed by atoms with Gasteiger partial charge in [0.2, 0.25) is 10.0 Å². The van der Waals surface area contributed by atoms with E-state index in [1.165, 1.54) is 24.3 Å². The highest BCUT2D eigenvalue weighted by Gasteiger charge is 2.15. The Bertz CT molecular complexity index is 875. The molecule has 1 amide bonds. The fourth-order valence-electron chi connectivity index (χ4n) is 2.19. The lowest BCUT2D eigenvalue weighted by Gasteiger charge is -2.12. The van der Waals surface area contributed by atoms with E-state index in [1.54, 1.807) is 24.3 Å². The number of nitrogens with one attached hydrogen (secondary N) is 2. The van der Waals surface area contributed by atoms with Crippen molar-refractivity contribution in [2.24, 2.45) is 0 Å². The lowest BCUT2D eigenvalue weighted by molar-refractivity contribution is 0.0916. The summed E-state index contributed by atoms with van der Waals surface area (Å²) in [5.74, 6) is -0.415. The first-order valence-electron chi connectivity index (χ1n) is 7.92.